The van der Waals surface area contributed by atoms with Gasteiger partial charge in [0.25, 0.3) is 0 Å². The molecule has 0 radical (unpaired) electrons. The predicted octanol–water partition coefficient (Wildman–Crippen LogP) is 13.7. The predicted molar refractivity (Wildman–Crippen MR) is 224 cm³/mol. The van der Waals surface area contributed by atoms with Crippen molar-refractivity contribution in [3.63, 3.8) is 0 Å². The van der Waals surface area contributed by atoms with Crippen molar-refractivity contribution in [2.45, 2.75) is 12.5 Å². The van der Waals surface area contributed by atoms with Crippen LogP contribution in [0.4, 0.5) is 11.4 Å². The van der Waals surface area contributed by atoms with Crippen molar-refractivity contribution in [3.8, 4) is 11.1 Å². The second-order valence-corrected chi connectivity index (χ2v) is 15.0. The Balaban J connectivity index is 1.05. The molecule has 2 aliphatic rings. The van der Waals surface area contributed by atoms with Gasteiger partial charge in [0, 0.05) is 11.6 Å². The van der Waals surface area contributed by atoms with Gasteiger partial charge >= 0.3 is 0 Å². The molecular weight excluding hydrogens is 641 g/mol. The van der Waals surface area contributed by atoms with Crippen molar-refractivity contribution in [1.29, 1.82) is 0 Å². The van der Waals surface area contributed by atoms with Gasteiger partial charge in [-0.2, -0.15) is 0 Å². The Bertz CT molecular complexity index is 3250. The highest BCUT2D eigenvalue weighted by molar-refractivity contribution is 6.25. The number of aromatic nitrogens is 1. The van der Waals surface area contributed by atoms with E-state index in [1.165, 1.54) is 114 Å². The van der Waals surface area contributed by atoms with E-state index in [2.05, 4.69) is 162 Å². The van der Waals surface area contributed by atoms with Crippen LogP contribution >= 0.6 is 0 Å². The molecule has 2 heteroatoms. The molecule has 10 aromatic carbocycles. The lowest BCUT2D eigenvalue weighted by molar-refractivity contribution is 0.724. The summed E-state index contributed by atoms with van der Waals surface area (Å²) in [6, 6.07) is 55.2. The lowest BCUT2D eigenvalue weighted by Crippen LogP contribution is -2.21. The van der Waals surface area contributed by atoms with Crippen molar-refractivity contribution < 1.29 is 0 Å². The first-order chi connectivity index (χ1) is 26.3. The van der Waals surface area contributed by atoms with Crippen LogP contribution in [0.15, 0.2) is 164 Å². The molecule has 0 spiro atoms. The van der Waals surface area contributed by atoms with Crippen molar-refractivity contribution in [1.82, 2.24) is 4.98 Å². The van der Waals surface area contributed by atoms with E-state index in [4.69, 9.17) is 0 Å². The molecule has 0 saturated heterocycles. The minimum Gasteiger partial charge on any atom is -0.332 e. The van der Waals surface area contributed by atoms with Crippen molar-refractivity contribution >= 4 is 92.4 Å². The van der Waals surface area contributed by atoms with Gasteiger partial charge in [0.1, 0.15) is 0 Å². The number of hydrogen-bond acceptors (Lipinski definition) is 2. The fraction of sp³-hybridized carbons (Fsp3) is 0.0392. The summed E-state index contributed by atoms with van der Waals surface area (Å²) >= 11 is 0. The maximum atomic E-state index is 4.57. The monoisotopic (exact) mass is 670 g/mol. The molecule has 244 valence electrons. The van der Waals surface area contributed by atoms with Gasteiger partial charge in [-0.1, -0.05) is 109 Å². The molecule has 1 aromatic heterocycles. The maximum absolute atomic E-state index is 4.57. The second kappa shape index (κ2) is 9.97. The zero-order chi connectivity index (χ0) is 34.4. The van der Waals surface area contributed by atoms with Crippen LogP contribution in [0.3, 0.4) is 0 Å². The molecule has 0 amide bonds. The average Bonchev–Trinajstić information content (AvgIpc) is 3.56. The lowest BCUT2D eigenvalue weighted by atomic mass is 9.81. The van der Waals surface area contributed by atoms with Crippen molar-refractivity contribution in [3.05, 3.63) is 181 Å². The van der Waals surface area contributed by atoms with Gasteiger partial charge in [-0.15, -0.1) is 0 Å². The van der Waals surface area contributed by atoms with Crippen LogP contribution in [-0.2, 0) is 0 Å². The van der Waals surface area contributed by atoms with Crippen LogP contribution in [0.25, 0.3) is 92.1 Å². The summed E-state index contributed by atoms with van der Waals surface area (Å²) in [6.45, 7) is 0. The zero-order valence-corrected chi connectivity index (χ0v) is 28.8. The maximum Gasteiger partial charge on any atom is 0.0640 e. The molecule has 1 unspecified atom stereocenters. The first-order valence-corrected chi connectivity index (χ1v) is 18.6. The molecule has 53 heavy (non-hydrogen) atoms. The normalized spacial score (nSPS) is 15.4. The molecule has 13 rings (SSSR count). The van der Waals surface area contributed by atoms with Gasteiger partial charge < -0.3 is 4.90 Å². The van der Waals surface area contributed by atoms with E-state index in [1.807, 2.05) is 12.4 Å². The standard InChI is InChI=1S/C51H30N2/c1-4-29-9-13-33-24-37(25-34-14-10-30(5-1)46(29)48(33)34)40-19-21-44-50-42(40)17-18-43-41(20-22-45(51(43)50)53(44)39-8-3-23-52-28-39)38-26-35-15-11-31-6-2-7-32-12-16-36(27-38)49(35)47(31)32/h1-21,23-28,45H,22H2. The molecule has 0 bridgehead atoms. The summed E-state index contributed by atoms with van der Waals surface area (Å²) < 4.78 is 0. The molecular formula is C51H30N2. The summed E-state index contributed by atoms with van der Waals surface area (Å²) in [5, 5.41) is 18.5. The lowest BCUT2D eigenvalue weighted by Gasteiger charge is -2.31. The smallest absolute Gasteiger partial charge is 0.0640 e. The zero-order valence-electron chi connectivity index (χ0n) is 28.8. The van der Waals surface area contributed by atoms with E-state index in [0.29, 0.717) is 0 Å². The Morgan fingerprint density at radius 3 is 1.60 bits per heavy atom. The molecule has 1 aliphatic carbocycles. The minimum absolute atomic E-state index is 0.197. The van der Waals surface area contributed by atoms with Crippen LogP contribution in [0, 0.1) is 0 Å². The number of nitrogens with zero attached hydrogens (tertiary/aromatic N) is 2. The molecule has 0 saturated carbocycles. The molecule has 2 heterocycles. The van der Waals surface area contributed by atoms with Gasteiger partial charge in [0.2, 0.25) is 0 Å². The van der Waals surface area contributed by atoms with E-state index in [9.17, 15) is 0 Å². The third-order valence-electron chi connectivity index (χ3n) is 12.4. The molecule has 1 aliphatic heterocycles. The summed E-state index contributed by atoms with van der Waals surface area (Å²) in [4.78, 5) is 7.11. The Kier molecular flexibility index (Phi) is 5.24. The van der Waals surface area contributed by atoms with E-state index in [1.54, 1.807) is 0 Å². The highest BCUT2D eigenvalue weighted by atomic mass is 15.2. The fourth-order valence-electron chi connectivity index (χ4n) is 10.3. The van der Waals surface area contributed by atoms with Crippen LogP contribution in [0.2, 0.25) is 0 Å². The third kappa shape index (κ3) is 3.65. The molecule has 11 aromatic rings. The largest absolute Gasteiger partial charge is 0.332 e. The first kappa shape index (κ1) is 27.9. The Morgan fingerprint density at radius 1 is 0.472 bits per heavy atom. The highest BCUT2D eigenvalue weighted by Crippen LogP contribution is 2.56. The summed E-state index contributed by atoms with van der Waals surface area (Å²) in [5.41, 5.74) is 10.3. The third-order valence-corrected chi connectivity index (χ3v) is 12.4. The fourth-order valence-corrected chi connectivity index (χ4v) is 10.3. The number of benzene rings is 10. The minimum atomic E-state index is 0.197. The van der Waals surface area contributed by atoms with Gasteiger partial charge in [0.05, 0.1) is 23.6 Å². The Hall–Kier alpha value is -6.77. The topological polar surface area (TPSA) is 16.1 Å². The highest BCUT2D eigenvalue weighted by Gasteiger charge is 2.38. The number of pyridine rings is 1. The number of hydrogen-bond donors (Lipinski definition) is 0. The summed E-state index contributed by atoms with van der Waals surface area (Å²) in [6.07, 6.45) is 7.30. The number of anilines is 2. The van der Waals surface area contributed by atoms with Crippen LogP contribution in [0.1, 0.15) is 29.2 Å². The second-order valence-electron chi connectivity index (χ2n) is 15.0. The van der Waals surface area contributed by atoms with Crippen molar-refractivity contribution in [2.24, 2.45) is 0 Å². The quantitative estimate of drug-likeness (QED) is 0.174. The van der Waals surface area contributed by atoms with E-state index in [0.717, 1.165) is 12.1 Å². The Labute approximate surface area is 305 Å². The van der Waals surface area contributed by atoms with Gasteiger partial charge in [-0.3, -0.25) is 4.98 Å². The van der Waals surface area contributed by atoms with Crippen LogP contribution < -0.4 is 4.90 Å². The van der Waals surface area contributed by atoms with Crippen LogP contribution in [0.5, 0.6) is 0 Å². The van der Waals surface area contributed by atoms with E-state index < -0.39 is 0 Å². The summed E-state index contributed by atoms with van der Waals surface area (Å²) in [5.74, 6) is 0. The molecule has 0 N–H and O–H groups in total. The van der Waals surface area contributed by atoms with E-state index in [-0.39, 0.29) is 6.04 Å². The van der Waals surface area contributed by atoms with Gasteiger partial charge in [-0.25, -0.2) is 0 Å². The van der Waals surface area contributed by atoms with Gasteiger partial charge in [-0.05, 0) is 152 Å². The van der Waals surface area contributed by atoms with Crippen LogP contribution in [-0.4, -0.2) is 4.98 Å². The first-order valence-electron chi connectivity index (χ1n) is 18.6. The van der Waals surface area contributed by atoms with Gasteiger partial charge in [0.15, 0.2) is 0 Å². The SMILES string of the molecule is C1=C(c2cc3ccc4cccc5ccc(c2)c3c45)c2ccc3c(-c4cc5ccc6cccc7ccc(c4)c5c67)ccc4c3c2C(C1)N4c1cccnc1. The van der Waals surface area contributed by atoms with Crippen molar-refractivity contribution in [2.75, 3.05) is 4.90 Å². The molecule has 2 nitrogen and oxygen atoms in total. The molecule has 1 atom stereocenters. The number of rotatable bonds is 3. The Morgan fingerprint density at radius 2 is 1.02 bits per heavy atom. The summed E-state index contributed by atoms with van der Waals surface area (Å²) in [7, 11) is 0. The molecule has 0 fully saturated rings. The van der Waals surface area contributed by atoms with E-state index >= 15 is 0 Å². The average molecular weight is 671 g/mol.